The maximum Gasteiger partial charge on any atom is 0.269 e. The van der Waals surface area contributed by atoms with E-state index >= 15 is 0 Å². The number of non-ortho nitro benzene ring substituents is 1. The summed E-state index contributed by atoms with van der Waals surface area (Å²) in [5, 5.41) is 26.0. The molecule has 9 nitrogen and oxygen atoms in total. The molecule has 0 saturated carbocycles. The number of likely N-dealkylation sites (N-methyl/N-ethyl adjacent to an activating group) is 1. The Morgan fingerprint density at radius 2 is 1.97 bits per heavy atom. The lowest BCUT2D eigenvalue weighted by Crippen LogP contribution is -2.41. The molecule has 0 spiro atoms. The maximum atomic E-state index is 13.0. The molecule has 0 bridgehead atoms. The number of aliphatic hydroxyl groups is 1. The molecule has 0 aliphatic carbocycles. The van der Waals surface area contributed by atoms with Gasteiger partial charge < -0.3 is 14.5 Å². The van der Waals surface area contributed by atoms with E-state index < -0.39 is 16.4 Å². The van der Waals surface area contributed by atoms with Crippen LogP contribution < -0.4 is 4.90 Å². The molecule has 9 heteroatoms. The number of hydrogen-bond acceptors (Lipinski definition) is 7. The van der Waals surface area contributed by atoms with Crippen molar-refractivity contribution < 1.29 is 19.3 Å². The molecule has 2 aromatic carbocycles. The van der Waals surface area contributed by atoms with E-state index in [0.717, 1.165) is 0 Å². The molecule has 1 amide bonds. The quantitative estimate of drug-likeness (QED) is 0.523. The predicted molar refractivity (Wildman–Crippen MR) is 104 cm³/mol. The minimum absolute atomic E-state index is 0.0356. The fourth-order valence-electron chi connectivity index (χ4n) is 3.39. The highest BCUT2D eigenvalue weighted by atomic mass is 16.6. The molecule has 1 aromatic heterocycles. The summed E-state index contributed by atoms with van der Waals surface area (Å²) >= 11 is 0. The summed E-state index contributed by atoms with van der Waals surface area (Å²) in [7, 11) is 0. The Morgan fingerprint density at radius 1 is 1.28 bits per heavy atom. The Bertz CT molecular complexity index is 1140. The molecule has 146 valence electrons. The van der Waals surface area contributed by atoms with E-state index in [9.17, 15) is 20.0 Å². The summed E-state index contributed by atoms with van der Waals surface area (Å²) in [6, 6.07) is 12.5. The van der Waals surface area contributed by atoms with E-state index in [1.165, 1.54) is 29.2 Å². The van der Waals surface area contributed by atoms with Gasteiger partial charge in [-0.15, -0.1) is 0 Å². The number of nitrogens with zero attached hydrogens (tertiary/aromatic N) is 4. The molecular formula is C20H16N4O5. The van der Waals surface area contributed by atoms with Crippen LogP contribution in [0.4, 0.5) is 11.4 Å². The summed E-state index contributed by atoms with van der Waals surface area (Å²) in [4.78, 5) is 28.9. The van der Waals surface area contributed by atoms with E-state index in [4.69, 9.17) is 4.52 Å². The van der Waals surface area contributed by atoms with Crippen LogP contribution in [-0.4, -0.2) is 32.6 Å². The molecule has 0 fully saturated rings. The van der Waals surface area contributed by atoms with Crippen LogP contribution in [0.15, 0.2) is 59.6 Å². The fraction of sp³-hybridized carbons (Fsp3) is 0.150. The highest BCUT2D eigenvalue weighted by Crippen LogP contribution is 2.46. The van der Waals surface area contributed by atoms with Crippen molar-refractivity contribution in [2.24, 2.45) is 0 Å². The van der Waals surface area contributed by atoms with Crippen LogP contribution in [0.25, 0.3) is 17.0 Å². The van der Waals surface area contributed by atoms with Crippen LogP contribution in [0.2, 0.25) is 0 Å². The molecule has 1 aliphatic rings. The van der Waals surface area contributed by atoms with Crippen LogP contribution in [0, 0.1) is 10.1 Å². The van der Waals surface area contributed by atoms with Crippen LogP contribution in [0.1, 0.15) is 18.4 Å². The molecule has 29 heavy (non-hydrogen) atoms. The number of benzene rings is 2. The zero-order valence-corrected chi connectivity index (χ0v) is 15.4. The Morgan fingerprint density at radius 3 is 2.62 bits per heavy atom. The van der Waals surface area contributed by atoms with Gasteiger partial charge in [-0.05, 0) is 25.1 Å². The third-order valence-corrected chi connectivity index (χ3v) is 4.91. The topological polar surface area (TPSA) is 123 Å². The normalized spacial score (nSPS) is 18.0. The van der Waals surface area contributed by atoms with Crippen LogP contribution in [0.5, 0.6) is 0 Å². The van der Waals surface area contributed by atoms with E-state index in [0.29, 0.717) is 23.4 Å². The second-order valence-electron chi connectivity index (χ2n) is 6.48. The number of fused-ring (bicyclic) bond motifs is 1. The standard InChI is InChI=1S/C20H16N4O5/c1-3-23-16-7-5-4-6-15(16)20(26,19(23)25)12(2)18-21-17(22-29-18)13-8-10-14(11-9-13)24(27)28/h4-11,26H,2-3H2,1H3. The van der Waals surface area contributed by atoms with Gasteiger partial charge in [-0.25, -0.2) is 0 Å². The number of nitro groups is 1. The number of amides is 1. The van der Waals surface area contributed by atoms with Crippen LogP contribution in [0.3, 0.4) is 0 Å². The van der Waals surface area contributed by atoms with Crippen molar-refractivity contribution in [2.45, 2.75) is 12.5 Å². The highest BCUT2D eigenvalue weighted by Gasteiger charge is 2.53. The first-order chi connectivity index (χ1) is 13.9. The van der Waals surface area contributed by atoms with Crippen LogP contribution in [-0.2, 0) is 10.4 Å². The zero-order chi connectivity index (χ0) is 20.8. The summed E-state index contributed by atoms with van der Waals surface area (Å²) < 4.78 is 5.24. The minimum Gasteiger partial charge on any atom is -0.372 e. The van der Waals surface area contributed by atoms with Gasteiger partial charge in [0, 0.05) is 29.8 Å². The van der Waals surface area contributed by atoms with Crippen LogP contribution >= 0.6 is 0 Å². The molecule has 2 heterocycles. The summed E-state index contributed by atoms with van der Waals surface area (Å²) in [6.45, 7) is 6.04. The van der Waals surface area contributed by atoms with Gasteiger partial charge in [0.2, 0.25) is 11.4 Å². The van der Waals surface area contributed by atoms with Crippen molar-refractivity contribution >= 4 is 22.9 Å². The zero-order valence-electron chi connectivity index (χ0n) is 15.4. The average molecular weight is 392 g/mol. The van der Waals surface area contributed by atoms with Gasteiger partial charge >= 0.3 is 0 Å². The second-order valence-corrected chi connectivity index (χ2v) is 6.48. The van der Waals surface area contributed by atoms with Gasteiger partial charge in [0.1, 0.15) is 0 Å². The van der Waals surface area contributed by atoms with Gasteiger partial charge in [0.15, 0.2) is 0 Å². The molecule has 4 rings (SSSR count). The van der Waals surface area contributed by atoms with Crippen molar-refractivity contribution in [3.8, 4) is 11.4 Å². The van der Waals surface area contributed by atoms with E-state index in [1.807, 2.05) is 6.92 Å². The first-order valence-corrected chi connectivity index (χ1v) is 8.80. The van der Waals surface area contributed by atoms with Crippen molar-refractivity contribution in [3.63, 3.8) is 0 Å². The van der Waals surface area contributed by atoms with Crippen molar-refractivity contribution in [1.29, 1.82) is 0 Å². The lowest BCUT2D eigenvalue weighted by molar-refractivity contribution is -0.384. The molecular weight excluding hydrogens is 376 g/mol. The van der Waals surface area contributed by atoms with Gasteiger partial charge in [-0.3, -0.25) is 14.9 Å². The molecule has 1 unspecified atom stereocenters. The first-order valence-electron chi connectivity index (χ1n) is 8.80. The number of hydrogen-bond donors (Lipinski definition) is 1. The first kappa shape index (κ1) is 18.5. The van der Waals surface area contributed by atoms with E-state index in [-0.39, 0.29) is 23.0 Å². The predicted octanol–water partition coefficient (Wildman–Crippen LogP) is 2.91. The average Bonchev–Trinajstić information content (AvgIpc) is 3.31. The van der Waals surface area contributed by atoms with Gasteiger partial charge in [0.25, 0.3) is 17.5 Å². The number of carbonyl (C=O) groups excluding carboxylic acids is 1. The largest absolute Gasteiger partial charge is 0.372 e. The smallest absolute Gasteiger partial charge is 0.269 e. The summed E-state index contributed by atoms with van der Waals surface area (Å²) in [6.07, 6.45) is 0. The third-order valence-electron chi connectivity index (χ3n) is 4.91. The monoisotopic (exact) mass is 392 g/mol. The molecule has 1 N–H and O–H groups in total. The SMILES string of the molecule is C=C(c1nc(-c2ccc([N+](=O)[O-])cc2)no1)C1(O)C(=O)N(CC)c2ccccc21. The number of nitro benzene ring substituents is 1. The molecule has 0 radical (unpaired) electrons. The Balaban J connectivity index is 1.71. The highest BCUT2D eigenvalue weighted by molar-refractivity contribution is 6.13. The Kier molecular flexibility index (Phi) is 4.24. The Hall–Kier alpha value is -3.85. The van der Waals surface area contributed by atoms with Gasteiger partial charge in [-0.1, -0.05) is 29.9 Å². The second kappa shape index (κ2) is 6.64. The lowest BCUT2D eigenvalue weighted by atomic mass is 9.88. The number of anilines is 1. The number of carbonyl (C=O) groups is 1. The van der Waals surface area contributed by atoms with E-state index in [1.54, 1.807) is 24.3 Å². The minimum atomic E-state index is -2.02. The number of rotatable bonds is 5. The van der Waals surface area contributed by atoms with Gasteiger partial charge in [-0.2, -0.15) is 4.98 Å². The molecule has 0 saturated heterocycles. The third kappa shape index (κ3) is 2.71. The number of aromatic nitrogens is 2. The van der Waals surface area contributed by atoms with Crippen molar-refractivity contribution in [2.75, 3.05) is 11.4 Å². The molecule has 1 atom stereocenters. The Labute approximate surface area is 165 Å². The maximum absolute atomic E-state index is 13.0. The van der Waals surface area contributed by atoms with Gasteiger partial charge in [0.05, 0.1) is 16.2 Å². The molecule has 3 aromatic rings. The van der Waals surface area contributed by atoms with Crippen molar-refractivity contribution in [3.05, 3.63) is 76.7 Å². The molecule has 1 aliphatic heterocycles. The van der Waals surface area contributed by atoms with E-state index in [2.05, 4.69) is 16.7 Å². The fourth-order valence-corrected chi connectivity index (χ4v) is 3.39. The summed E-state index contributed by atoms with van der Waals surface area (Å²) in [5.74, 6) is -0.478. The van der Waals surface area contributed by atoms with Crippen molar-refractivity contribution in [1.82, 2.24) is 10.1 Å². The lowest BCUT2D eigenvalue weighted by Gasteiger charge is -2.22. The summed E-state index contributed by atoms with van der Waals surface area (Å²) in [5.41, 5.74) is -0.647. The number of para-hydroxylation sites is 1.